The molecule has 0 saturated heterocycles. The van der Waals surface area contributed by atoms with Gasteiger partial charge in [0.05, 0.1) is 37.2 Å². The molecule has 0 spiro atoms. The molecule has 0 heterocycles. The lowest BCUT2D eigenvalue weighted by molar-refractivity contribution is -0.140. The second-order valence-corrected chi connectivity index (χ2v) is 18.1. The predicted octanol–water partition coefficient (Wildman–Crippen LogP) is 7.36. The largest absolute Gasteiger partial charge is 0.466 e. The van der Waals surface area contributed by atoms with Gasteiger partial charge in [-0.3, -0.25) is 9.59 Å². The van der Waals surface area contributed by atoms with E-state index in [2.05, 4.69) is 18.9 Å². The Morgan fingerprint density at radius 3 is 1.29 bits per heavy atom. The van der Waals surface area contributed by atoms with Crippen molar-refractivity contribution >= 4 is 55.5 Å². The maximum atomic E-state index is 14.4. The number of Topliss-reactive ketones (excluding diaryl/α,β-unsaturated/α-hetero) is 1. The van der Waals surface area contributed by atoms with Gasteiger partial charge in [-0.1, -0.05) is 0 Å². The highest BCUT2D eigenvalue weighted by atomic mass is 32.2. The third-order valence-corrected chi connectivity index (χ3v) is 12.0. The van der Waals surface area contributed by atoms with Crippen molar-refractivity contribution in [2.75, 3.05) is 66.3 Å². The number of ether oxygens (including phenoxy) is 7. The average Bonchev–Trinajstić information content (AvgIpc) is 3.29. The van der Waals surface area contributed by atoms with Crippen LogP contribution in [-0.4, -0.2) is 107 Å². The van der Waals surface area contributed by atoms with Gasteiger partial charge in [-0.25, -0.2) is 44.0 Å². The van der Waals surface area contributed by atoms with Crippen LogP contribution in [-0.2, 0) is 62.5 Å². The van der Waals surface area contributed by atoms with Gasteiger partial charge in [-0.15, -0.1) is 0 Å². The molecule has 4 aromatic carbocycles. The van der Waals surface area contributed by atoms with Crippen LogP contribution in [0.15, 0.2) is 93.7 Å². The second kappa shape index (κ2) is 28.8. The van der Waals surface area contributed by atoms with Gasteiger partial charge in [0, 0.05) is 44.9 Å². The van der Waals surface area contributed by atoms with Crippen LogP contribution in [0.1, 0.15) is 44.7 Å². The Labute approximate surface area is 397 Å². The zero-order valence-electron chi connectivity index (χ0n) is 38.8. The van der Waals surface area contributed by atoms with Crippen LogP contribution in [0.3, 0.4) is 0 Å². The van der Waals surface area contributed by atoms with E-state index in [9.17, 15) is 53.6 Å². The number of benzene rings is 4. The van der Waals surface area contributed by atoms with Gasteiger partial charge in [0.25, 0.3) is 0 Å². The summed E-state index contributed by atoms with van der Waals surface area (Å²) in [5.74, 6) is -9.58. The first-order valence-electron chi connectivity index (χ1n) is 20.4. The van der Waals surface area contributed by atoms with Gasteiger partial charge in [-0.2, -0.15) is 0 Å². The quantitative estimate of drug-likeness (QED) is 0.0283. The Morgan fingerprint density at radius 2 is 0.971 bits per heavy atom. The van der Waals surface area contributed by atoms with E-state index in [1.165, 1.54) is 83.7 Å². The van der Waals surface area contributed by atoms with Crippen LogP contribution in [0.5, 0.6) is 23.0 Å². The molecule has 0 amide bonds. The van der Waals surface area contributed by atoms with Crippen LogP contribution in [0.4, 0.5) is 17.6 Å². The SMILES string of the molecule is CCOC(=O)CS(=O)(=O)c1ccc(Oc2c(F)cc(/C=C(\C)C(=O)OC)cc2F)cc1.COCCCC(=O)CS(=O)(=O)c1ccc(Oc2c(F)cc(/C=C(\C)C(=O)OC)cc2F)cc1.COCCN. The van der Waals surface area contributed by atoms with Crippen LogP contribution in [0.2, 0.25) is 0 Å². The fraction of sp³-hybridized carbons (Fsp3) is 0.319. The van der Waals surface area contributed by atoms with E-state index in [1.54, 1.807) is 14.0 Å². The lowest BCUT2D eigenvalue weighted by atomic mass is 10.1. The summed E-state index contributed by atoms with van der Waals surface area (Å²) >= 11 is 0. The van der Waals surface area contributed by atoms with Crippen molar-refractivity contribution in [3.8, 4) is 23.0 Å². The molecule has 0 atom stereocenters. The molecule has 69 heavy (non-hydrogen) atoms. The molecule has 4 rings (SSSR count). The van der Waals surface area contributed by atoms with E-state index < -0.39 is 89.6 Å². The number of esters is 3. The summed E-state index contributed by atoms with van der Waals surface area (Å²) in [7, 11) is -2.31. The smallest absolute Gasteiger partial charge is 0.333 e. The number of ketones is 1. The first-order chi connectivity index (χ1) is 32.5. The fourth-order valence-corrected chi connectivity index (χ4v) is 7.86. The molecule has 0 radical (unpaired) electrons. The molecule has 0 saturated carbocycles. The van der Waals surface area contributed by atoms with Crippen molar-refractivity contribution in [3.63, 3.8) is 0 Å². The van der Waals surface area contributed by atoms with Gasteiger partial charge in [0.2, 0.25) is 0 Å². The molecule has 0 unspecified atom stereocenters. The summed E-state index contributed by atoms with van der Waals surface area (Å²) in [6, 6.07) is 13.5. The predicted molar refractivity (Wildman–Crippen MR) is 245 cm³/mol. The van der Waals surface area contributed by atoms with Crippen molar-refractivity contribution < 1.29 is 86.7 Å². The maximum Gasteiger partial charge on any atom is 0.333 e. The van der Waals surface area contributed by atoms with E-state index in [0.717, 1.165) is 36.4 Å². The summed E-state index contributed by atoms with van der Waals surface area (Å²) in [4.78, 5) is 45.9. The number of methoxy groups -OCH3 is 4. The first-order valence-corrected chi connectivity index (χ1v) is 23.7. The van der Waals surface area contributed by atoms with E-state index in [0.29, 0.717) is 26.2 Å². The number of nitrogens with two attached hydrogens (primary N) is 1. The lowest BCUT2D eigenvalue weighted by Crippen LogP contribution is -2.18. The molecule has 0 fully saturated rings. The molecular weight excluding hydrogens is 959 g/mol. The molecule has 0 aliphatic rings. The highest BCUT2D eigenvalue weighted by molar-refractivity contribution is 7.92. The average molecular weight is 1010 g/mol. The van der Waals surface area contributed by atoms with Crippen LogP contribution in [0, 0.1) is 23.3 Å². The minimum atomic E-state index is -3.94. The van der Waals surface area contributed by atoms with Crippen molar-refractivity contribution in [2.45, 2.75) is 43.4 Å². The third-order valence-electron chi connectivity index (χ3n) is 8.72. The number of hydrogen-bond acceptors (Lipinski definition) is 16. The Hall–Kier alpha value is -6.46. The monoisotopic (exact) mass is 1010 g/mol. The van der Waals surface area contributed by atoms with Gasteiger partial charge in [0.15, 0.2) is 60.2 Å². The molecule has 4 aromatic rings. The van der Waals surface area contributed by atoms with Crippen LogP contribution < -0.4 is 15.2 Å². The number of rotatable bonds is 21. The summed E-state index contributed by atoms with van der Waals surface area (Å²) < 4.78 is 140. The number of carbonyl (C=O) groups is 4. The fourth-order valence-electron chi connectivity index (χ4n) is 5.47. The molecule has 376 valence electrons. The zero-order chi connectivity index (χ0) is 51.9. The molecule has 22 heteroatoms. The zero-order valence-corrected chi connectivity index (χ0v) is 40.4. The molecular formula is C47H53F4NO15S2. The number of halogens is 4. The maximum absolute atomic E-state index is 14.4. The standard InChI is InChI=1S/C23H24F2O7S.C21H20F2O7S.C3H9NO/c1-15(23(27)31-3)11-16-12-20(24)22(21(25)13-16)32-18-6-8-19(9-7-18)33(28,29)14-17(26)5-4-10-30-2;1-4-29-19(24)12-31(26,27)16-7-5-15(6-8-16)30-20-17(22)10-14(11-18(20)23)9-13(2)21(25)28-3;1-5-3-2-4/h6-9,11-13H,4-5,10,14H2,1-3H3;5-11H,4,12H2,1-3H3;2-4H2,1H3/b15-11+;13-9+;. The molecule has 0 bridgehead atoms. The van der Waals surface area contributed by atoms with Gasteiger partial charge in [-0.05, 0) is 123 Å². The summed E-state index contributed by atoms with van der Waals surface area (Å²) in [6.07, 6.45) is 3.02. The third kappa shape index (κ3) is 19.6. The molecule has 16 nitrogen and oxygen atoms in total. The van der Waals surface area contributed by atoms with Crippen molar-refractivity contribution in [1.82, 2.24) is 0 Å². The second-order valence-electron chi connectivity index (χ2n) is 14.2. The number of sulfone groups is 2. The van der Waals surface area contributed by atoms with Crippen LogP contribution >= 0.6 is 0 Å². The highest BCUT2D eigenvalue weighted by Gasteiger charge is 2.22. The van der Waals surface area contributed by atoms with Crippen molar-refractivity contribution in [3.05, 3.63) is 118 Å². The van der Waals surface area contributed by atoms with E-state index in [-0.39, 0.29) is 56.6 Å². The summed E-state index contributed by atoms with van der Waals surface area (Å²) in [5, 5.41) is 0. The molecule has 0 aliphatic heterocycles. The minimum absolute atomic E-state index is 0.00722. The topological polar surface area (TPSA) is 227 Å². The van der Waals surface area contributed by atoms with Gasteiger partial charge < -0.3 is 38.9 Å². The lowest BCUT2D eigenvalue weighted by Gasteiger charge is -2.10. The Morgan fingerprint density at radius 1 is 0.594 bits per heavy atom. The van der Waals surface area contributed by atoms with E-state index in [4.69, 9.17) is 19.9 Å². The molecule has 0 aliphatic carbocycles. The number of carbonyl (C=O) groups excluding carboxylic acids is 4. The normalized spacial score (nSPS) is 11.5. The van der Waals surface area contributed by atoms with Crippen molar-refractivity contribution in [2.24, 2.45) is 5.73 Å². The highest BCUT2D eigenvalue weighted by Crippen LogP contribution is 2.32. The van der Waals surface area contributed by atoms with Crippen molar-refractivity contribution in [1.29, 1.82) is 0 Å². The van der Waals surface area contributed by atoms with Crippen LogP contribution in [0.25, 0.3) is 12.2 Å². The number of hydrogen-bond donors (Lipinski definition) is 1. The Balaban J connectivity index is 0.000000431. The first kappa shape index (κ1) is 58.7. The minimum Gasteiger partial charge on any atom is -0.466 e. The van der Waals surface area contributed by atoms with E-state index >= 15 is 0 Å². The van der Waals surface area contributed by atoms with E-state index in [1.807, 2.05) is 0 Å². The molecule has 0 aromatic heterocycles. The molecule has 2 N–H and O–H groups in total. The summed E-state index contributed by atoms with van der Waals surface area (Å²) in [5.41, 5.74) is 5.50. The van der Waals surface area contributed by atoms with Gasteiger partial charge in [0.1, 0.15) is 23.0 Å². The Kier molecular flexibility index (Phi) is 24.5. The Bertz CT molecular complexity index is 2630. The summed E-state index contributed by atoms with van der Waals surface area (Å²) in [6.45, 7) is 6.12. The van der Waals surface area contributed by atoms with Gasteiger partial charge >= 0.3 is 17.9 Å².